The Morgan fingerprint density at radius 1 is 1.23 bits per heavy atom. The Hall–Kier alpha value is -2.51. The predicted octanol–water partition coefficient (Wildman–Crippen LogP) is 4.35. The summed E-state index contributed by atoms with van der Waals surface area (Å²) in [5.41, 5.74) is 1.84. The fraction of sp³-hybridized carbons (Fsp3) is 0.417. The van der Waals surface area contributed by atoms with Crippen molar-refractivity contribution in [3.8, 4) is 5.75 Å². The van der Waals surface area contributed by atoms with Crippen LogP contribution in [0.4, 0.5) is 4.79 Å². The molecule has 2 aromatic carbocycles. The molecule has 2 aromatic rings. The molecule has 0 aliphatic heterocycles. The van der Waals surface area contributed by atoms with E-state index in [-0.39, 0.29) is 18.1 Å². The van der Waals surface area contributed by atoms with Crippen molar-refractivity contribution in [3.05, 3.63) is 59.7 Å². The topological polar surface area (TPSA) is 70.7 Å². The molecule has 0 unspecified atom stereocenters. The van der Waals surface area contributed by atoms with Gasteiger partial charge in [0.2, 0.25) is 0 Å². The lowest BCUT2D eigenvalue weighted by Gasteiger charge is -2.27. The van der Waals surface area contributed by atoms with Crippen LogP contribution in [0.5, 0.6) is 5.75 Å². The van der Waals surface area contributed by atoms with Crippen LogP contribution in [0.1, 0.15) is 37.8 Å². The van der Waals surface area contributed by atoms with Crippen LogP contribution in [0.15, 0.2) is 53.4 Å². The van der Waals surface area contributed by atoms with Crippen molar-refractivity contribution in [1.82, 2.24) is 14.9 Å². The Bertz CT molecular complexity index is 882. The molecule has 31 heavy (non-hydrogen) atoms. The molecule has 1 fully saturated rings. The first-order valence-corrected chi connectivity index (χ1v) is 11.4. The molecule has 1 aliphatic rings. The van der Waals surface area contributed by atoms with Gasteiger partial charge in [-0.25, -0.2) is 9.52 Å². The van der Waals surface area contributed by atoms with E-state index < -0.39 is 0 Å². The molecule has 0 saturated heterocycles. The third kappa shape index (κ3) is 7.01. The number of nitrogens with one attached hydrogen (secondary N) is 2. The quantitative estimate of drug-likeness (QED) is 0.401. The van der Waals surface area contributed by atoms with Crippen LogP contribution in [0.2, 0.25) is 0 Å². The summed E-state index contributed by atoms with van der Waals surface area (Å²) >= 11 is 1.58. The average Bonchev–Trinajstić information content (AvgIpc) is 3.61. The van der Waals surface area contributed by atoms with E-state index in [9.17, 15) is 9.59 Å². The molecule has 2 amide bonds. The fourth-order valence-corrected chi connectivity index (χ4v) is 3.90. The van der Waals surface area contributed by atoms with Gasteiger partial charge >= 0.3 is 6.03 Å². The molecular formula is C24H31N3O3S. The lowest BCUT2D eigenvalue weighted by Crippen LogP contribution is -2.38. The van der Waals surface area contributed by atoms with Gasteiger partial charge < -0.3 is 19.7 Å². The highest BCUT2D eigenvalue weighted by Crippen LogP contribution is 2.31. The summed E-state index contributed by atoms with van der Waals surface area (Å²) in [6, 6.07) is 16.0. The number of rotatable bonds is 11. The largest absolute Gasteiger partial charge is 0.493 e. The summed E-state index contributed by atoms with van der Waals surface area (Å²) in [5, 5.41) is 2.56. The Balaban J connectivity index is 1.57. The van der Waals surface area contributed by atoms with Gasteiger partial charge in [-0.1, -0.05) is 30.3 Å². The number of ether oxygens (including phenoxy) is 1. The smallest absolute Gasteiger partial charge is 0.317 e. The highest BCUT2D eigenvalue weighted by atomic mass is 32.2. The normalized spacial score (nSPS) is 13.5. The number of benzene rings is 2. The Kier molecular flexibility index (Phi) is 7.98. The number of urea groups is 1. The van der Waals surface area contributed by atoms with Gasteiger partial charge in [-0.15, -0.1) is 0 Å². The number of nitrogens with zero attached hydrogens (tertiary/aromatic N) is 1. The molecule has 2 N–H and O–H groups in total. The second-order valence-electron chi connectivity index (χ2n) is 8.36. The van der Waals surface area contributed by atoms with Gasteiger partial charge in [-0.05, 0) is 73.9 Å². The van der Waals surface area contributed by atoms with E-state index in [1.54, 1.807) is 19.0 Å². The standard InChI is InChI=1S/C24H31N3O3S/c1-24(2,26-31-22-6-4-5-21(15-22)30-17-19-7-8-19)20-11-9-18(10-12-20)16-27(13-14-28)23(29)25-3/h4-6,9-12,14-15,19,26H,7-8,13,16-17H2,1-3H3,(H,25,29). The molecule has 0 atom stereocenters. The molecule has 7 heteroatoms. The summed E-state index contributed by atoms with van der Waals surface area (Å²) in [5.74, 6) is 1.65. The van der Waals surface area contributed by atoms with Gasteiger partial charge in [0.05, 0.1) is 13.2 Å². The van der Waals surface area contributed by atoms with Crippen molar-refractivity contribution >= 4 is 24.3 Å². The van der Waals surface area contributed by atoms with Crippen LogP contribution in [-0.2, 0) is 16.9 Å². The molecule has 1 aliphatic carbocycles. The van der Waals surface area contributed by atoms with Crippen molar-refractivity contribution in [3.63, 3.8) is 0 Å². The average molecular weight is 442 g/mol. The number of aldehydes is 1. The van der Waals surface area contributed by atoms with E-state index in [0.29, 0.717) is 6.54 Å². The van der Waals surface area contributed by atoms with E-state index in [1.807, 2.05) is 24.3 Å². The Labute approximate surface area is 188 Å². The number of hydrogen-bond acceptors (Lipinski definition) is 5. The third-order valence-corrected chi connectivity index (χ3v) is 6.36. The Morgan fingerprint density at radius 3 is 2.61 bits per heavy atom. The van der Waals surface area contributed by atoms with Crippen molar-refractivity contribution < 1.29 is 14.3 Å². The highest BCUT2D eigenvalue weighted by molar-refractivity contribution is 7.97. The number of amides is 2. The van der Waals surface area contributed by atoms with Gasteiger partial charge in [0.15, 0.2) is 0 Å². The molecule has 166 valence electrons. The van der Waals surface area contributed by atoms with Crippen LogP contribution in [0.3, 0.4) is 0 Å². The van der Waals surface area contributed by atoms with Crippen molar-refractivity contribution in [1.29, 1.82) is 0 Å². The minimum atomic E-state index is -0.267. The fourth-order valence-electron chi connectivity index (χ4n) is 3.09. The molecule has 3 rings (SSSR count). The van der Waals surface area contributed by atoms with Gasteiger partial charge in [-0.3, -0.25) is 0 Å². The lowest BCUT2D eigenvalue weighted by atomic mass is 9.95. The second kappa shape index (κ2) is 10.7. The van der Waals surface area contributed by atoms with Gasteiger partial charge in [0.1, 0.15) is 12.0 Å². The lowest BCUT2D eigenvalue weighted by molar-refractivity contribution is -0.108. The van der Waals surface area contributed by atoms with Gasteiger partial charge in [0.25, 0.3) is 0 Å². The van der Waals surface area contributed by atoms with Crippen LogP contribution >= 0.6 is 11.9 Å². The summed E-state index contributed by atoms with van der Waals surface area (Å²) in [6.07, 6.45) is 3.30. The summed E-state index contributed by atoms with van der Waals surface area (Å²) in [4.78, 5) is 25.3. The zero-order chi connectivity index (χ0) is 22.3. The summed E-state index contributed by atoms with van der Waals surface area (Å²) in [6.45, 7) is 5.52. The van der Waals surface area contributed by atoms with Crippen molar-refractivity contribution in [2.24, 2.45) is 5.92 Å². The predicted molar refractivity (Wildman–Crippen MR) is 124 cm³/mol. The van der Waals surface area contributed by atoms with Crippen LogP contribution < -0.4 is 14.8 Å². The van der Waals surface area contributed by atoms with E-state index >= 15 is 0 Å². The number of carbonyl (C=O) groups excluding carboxylic acids is 2. The van der Waals surface area contributed by atoms with E-state index in [4.69, 9.17) is 4.74 Å². The van der Waals surface area contributed by atoms with Crippen molar-refractivity contribution in [2.45, 2.75) is 43.7 Å². The highest BCUT2D eigenvalue weighted by Gasteiger charge is 2.23. The molecule has 6 nitrogen and oxygen atoms in total. The molecule has 0 bridgehead atoms. The maximum absolute atomic E-state index is 11.9. The SMILES string of the molecule is CNC(=O)N(CC=O)Cc1ccc(C(C)(C)NSc2cccc(OCC3CC3)c2)cc1. The maximum Gasteiger partial charge on any atom is 0.317 e. The minimum Gasteiger partial charge on any atom is -0.493 e. The monoisotopic (exact) mass is 441 g/mol. The van der Waals surface area contributed by atoms with E-state index in [1.165, 1.54) is 17.7 Å². The zero-order valence-corrected chi connectivity index (χ0v) is 19.2. The zero-order valence-electron chi connectivity index (χ0n) is 18.4. The first-order chi connectivity index (χ1) is 14.9. The number of hydrogen-bond donors (Lipinski definition) is 2. The Morgan fingerprint density at radius 2 is 1.97 bits per heavy atom. The van der Waals surface area contributed by atoms with Crippen LogP contribution in [0, 0.1) is 5.92 Å². The first-order valence-electron chi connectivity index (χ1n) is 10.6. The molecule has 0 aromatic heterocycles. The summed E-state index contributed by atoms with van der Waals surface area (Å²) in [7, 11) is 1.56. The molecule has 0 heterocycles. The van der Waals surface area contributed by atoms with Crippen molar-refractivity contribution in [2.75, 3.05) is 20.2 Å². The first kappa shape index (κ1) is 23.2. The minimum absolute atomic E-state index is 0.0640. The van der Waals surface area contributed by atoms with Crippen LogP contribution in [-0.4, -0.2) is 37.4 Å². The maximum atomic E-state index is 11.9. The summed E-state index contributed by atoms with van der Waals surface area (Å²) < 4.78 is 9.42. The van der Waals surface area contributed by atoms with E-state index in [0.717, 1.165) is 40.6 Å². The van der Waals surface area contributed by atoms with Gasteiger partial charge in [-0.2, -0.15) is 0 Å². The number of carbonyl (C=O) groups is 2. The second-order valence-corrected chi connectivity index (χ2v) is 9.24. The molecule has 0 radical (unpaired) electrons. The molecule has 0 spiro atoms. The molecule has 1 saturated carbocycles. The molecular weight excluding hydrogens is 410 g/mol. The van der Waals surface area contributed by atoms with Crippen LogP contribution in [0.25, 0.3) is 0 Å². The van der Waals surface area contributed by atoms with Gasteiger partial charge in [0, 0.05) is 24.0 Å². The van der Waals surface area contributed by atoms with E-state index in [2.05, 4.69) is 48.2 Å². The third-order valence-electron chi connectivity index (χ3n) is 5.26.